The molecule has 4 nitrogen and oxygen atoms in total. The molecule has 2 aromatic rings. The van der Waals surface area contributed by atoms with Crippen molar-refractivity contribution in [3.8, 4) is 0 Å². The van der Waals surface area contributed by atoms with Gasteiger partial charge in [-0.25, -0.2) is 5.43 Å². The molecule has 0 aliphatic heterocycles. The molecule has 0 fully saturated rings. The van der Waals surface area contributed by atoms with E-state index in [1.807, 2.05) is 30.3 Å². The molecular weight excluding hydrogens is 250 g/mol. The lowest BCUT2D eigenvalue weighted by Gasteiger charge is -2.06. The highest BCUT2D eigenvalue weighted by atomic mass is 16.2. The predicted molar refractivity (Wildman–Crippen MR) is 79.6 cm³/mol. The van der Waals surface area contributed by atoms with Crippen LogP contribution in [0.1, 0.15) is 35.7 Å². The Balaban J connectivity index is 2.12. The predicted octanol–water partition coefficient (Wildman–Crippen LogP) is 3.02. The smallest absolute Gasteiger partial charge is 0.267 e. The number of carbonyl (C=O) groups is 1. The van der Waals surface area contributed by atoms with E-state index < -0.39 is 0 Å². The first-order valence-electron chi connectivity index (χ1n) is 6.63. The van der Waals surface area contributed by atoms with Gasteiger partial charge in [0, 0.05) is 12.4 Å². The van der Waals surface area contributed by atoms with Crippen molar-refractivity contribution in [2.24, 2.45) is 5.10 Å². The lowest BCUT2D eigenvalue weighted by Crippen LogP contribution is -2.20. The van der Waals surface area contributed by atoms with Crippen LogP contribution < -0.4 is 5.43 Å². The van der Waals surface area contributed by atoms with Gasteiger partial charge < -0.3 is 0 Å². The molecule has 1 aromatic heterocycles. The van der Waals surface area contributed by atoms with Crippen LogP contribution >= 0.6 is 0 Å². The normalized spacial score (nSPS) is 11.2. The minimum Gasteiger partial charge on any atom is -0.267 e. The van der Waals surface area contributed by atoms with Crippen LogP contribution in [0.2, 0.25) is 0 Å². The third-order valence-electron chi connectivity index (χ3n) is 2.81. The maximum Gasteiger partial charge on any atom is 0.272 e. The molecular formula is C16H17N3O. The molecule has 0 spiro atoms. The minimum absolute atomic E-state index is 0.248. The fourth-order valence-electron chi connectivity index (χ4n) is 1.81. The maximum absolute atomic E-state index is 11.9. The van der Waals surface area contributed by atoms with E-state index in [1.54, 1.807) is 18.3 Å². The summed E-state index contributed by atoms with van der Waals surface area (Å²) in [6.45, 7) is 2.08. The van der Waals surface area contributed by atoms with Gasteiger partial charge in [0.15, 0.2) is 0 Å². The second-order valence-electron chi connectivity index (χ2n) is 4.36. The van der Waals surface area contributed by atoms with Gasteiger partial charge in [0.05, 0.1) is 11.3 Å². The average Bonchev–Trinajstić information content (AvgIpc) is 2.53. The molecule has 0 saturated heterocycles. The van der Waals surface area contributed by atoms with E-state index >= 15 is 0 Å². The summed E-state index contributed by atoms with van der Waals surface area (Å²) in [4.78, 5) is 15.8. The summed E-state index contributed by atoms with van der Waals surface area (Å²) >= 11 is 0. The second kappa shape index (κ2) is 7.19. The molecule has 1 aromatic carbocycles. The molecule has 4 heteroatoms. The first-order valence-corrected chi connectivity index (χ1v) is 6.63. The molecule has 0 aliphatic carbocycles. The number of hydrogen-bond donors (Lipinski definition) is 1. The molecule has 1 N–H and O–H groups in total. The standard InChI is InChI=1S/C16H17N3O/c1-2-7-15(13-8-4-3-5-9-13)18-19-16(20)14-10-6-11-17-12-14/h3-6,8-12H,2,7H2,1H3,(H,19,20)/b18-15+. The molecule has 0 bridgehead atoms. The van der Waals surface area contributed by atoms with E-state index in [-0.39, 0.29) is 5.91 Å². The van der Waals surface area contributed by atoms with Crippen LogP contribution in [0.15, 0.2) is 60.0 Å². The van der Waals surface area contributed by atoms with E-state index in [0.717, 1.165) is 24.1 Å². The molecule has 1 heterocycles. The van der Waals surface area contributed by atoms with Gasteiger partial charge >= 0.3 is 0 Å². The van der Waals surface area contributed by atoms with Crippen molar-refractivity contribution in [1.29, 1.82) is 0 Å². The van der Waals surface area contributed by atoms with Crippen LogP contribution in [0, 0.1) is 0 Å². The lowest BCUT2D eigenvalue weighted by atomic mass is 10.1. The molecule has 0 radical (unpaired) electrons. The van der Waals surface area contributed by atoms with Gasteiger partial charge in [0.25, 0.3) is 5.91 Å². The maximum atomic E-state index is 11.9. The number of carbonyl (C=O) groups excluding carboxylic acids is 1. The lowest BCUT2D eigenvalue weighted by molar-refractivity contribution is 0.0954. The Morgan fingerprint density at radius 2 is 1.90 bits per heavy atom. The van der Waals surface area contributed by atoms with Crippen molar-refractivity contribution in [1.82, 2.24) is 10.4 Å². The van der Waals surface area contributed by atoms with Gasteiger partial charge in [-0.15, -0.1) is 0 Å². The van der Waals surface area contributed by atoms with Crippen LogP contribution in [0.5, 0.6) is 0 Å². The molecule has 0 atom stereocenters. The van der Waals surface area contributed by atoms with Crippen LogP contribution in [0.3, 0.4) is 0 Å². The fourth-order valence-corrected chi connectivity index (χ4v) is 1.81. The van der Waals surface area contributed by atoms with E-state index in [0.29, 0.717) is 5.56 Å². The number of nitrogens with one attached hydrogen (secondary N) is 1. The van der Waals surface area contributed by atoms with Gasteiger partial charge in [0.1, 0.15) is 0 Å². The third kappa shape index (κ3) is 3.75. The molecule has 102 valence electrons. The molecule has 20 heavy (non-hydrogen) atoms. The number of hydrogen-bond acceptors (Lipinski definition) is 3. The zero-order chi connectivity index (χ0) is 14.2. The number of hydrazone groups is 1. The summed E-state index contributed by atoms with van der Waals surface area (Å²) in [5.41, 5.74) is 5.00. The topological polar surface area (TPSA) is 54.4 Å². The number of amides is 1. The van der Waals surface area contributed by atoms with E-state index in [2.05, 4.69) is 22.4 Å². The van der Waals surface area contributed by atoms with Crippen molar-refractivity contribution in [2.45, 2.75) is 19.8 Å². The Labute approximate surface area is 118 Å². The molecule has 0 unspecified atom stereocenters. The van der Waals surface area contributed by atoms with Gasteiger partial charge in [-0.1, -0.05) is 43.7 Å². The zero-order valence-corrected chi connectivity index (χ0v) is 11.4. The number of pyridine rings is 1. The van der Waals surface area contributed by atoms with Gasteiger partial charge in [-0.2, -0.15) is 5.10 Å². The van der Waals surface area contributed by atoms with Crippen molar-refractivity contribution in [2.75, 3.05) is 0 Å². The van der Waals surface area contributed by atoms with Gasteiger partial charge in [0.2, 0.25) is 0 Å². The summed E-state index contributed by atoms with van der Waals surface area (Å²) in [5.74, 6) is -0.248. The van der Waals surface area contributed by atoms with Crippen LogP contribution in [0.4, 0.5) is 0 Å². The van der Waals surface area contributed by atoms with E-state index in [1.165, 1.54) is 6.20 Å². The first kappa shape index (κ1) is 13.9. The van der Waals surface area contributed by atoms with Crippen molar-refractivity contribution < 1.29 is 4.79 Å². The largest absolute Gasteiger partial charge is 0.272 e. The second-order valence-corrected chi connectivity index (χ2v) is 4.36. The first-order chi connectivity index (χ1) is 9.81. The van der Waals surface area contributed by atoms with Crippen molar-refractivity contribution in [3.63, 3.8) is 0 Å². The summed E-state index contributed by atoms with van der Waals surface area (Å²) in [5, 5.41) is 4.25. The Kier molecular flexibility index (Phi) is 5.00. The highest BCUT2D eigenvalue weighted by Gasteiger charge is 2.06. The highest BCUT2D eigenvalue weighted by molar-refractivity contribution is 6.02. The summed E-state index contributed by atoms with van der Waals surface area (Å²) in [6.07, 6.45) is 4.94. The molecule has 1 amide bonds. The SMILES string of the molecule is CCC/C(=N\NC(=O)c1cccnc1)c1ccccc1. The van der Waals surface area contributed by atoms with Crippen LogP contribution in [-0.4, -0.2) is 16.6 Å². The fraction of sp³-hybridized carbons (Fsp3) is 0.188. The zero-order valence-electron chi connectivity index (χ0n) is 11.4. The third-order valence-corrected chi connectivity index (χ3v) is 2.81. The number of benzene rings is 1. The van der Waals surface area contributed by atoms with E-state index in [9.17, 15) is 4.79 Å². The Bertz CT molecular complexity index is 579. The van der Waals surface area contributed by atoms with Gasteiger partial charge in [-0.05, 0) is 24.1 Å². The number of nitrogens with zero attached hydrogens (tertiary/aromatic N) is 2. The Hall–Kier alpha value is -2.49. The average molecular weight is 267 g/mol. The summed E-state index contributed by atoms with van der Waals surface area (Å²) in [6, 6.07) is 13.3. The number of aromatic nitrogens is 1. The summed E-state index contributed by atoms with van der Waals surface area (Å²) < 4.78 is 0. The van der Waals surface area contributed by atoms with Crippen LogP contribution in [0.25, 0.3) is 0 Å². The van der Waals surface area contributed by atoms with Crippen molar-refractivity contribution >= 4 is 11.6 Å². The molecule has 0 saturated carbocycles. The highest BCUT2D eigenvalue weighted by Crippen LogP contribution is 2.06. The van der Waals surface area contributed by atoms with Gasteiger partial charge in [-0.3, -0.25) is 9.78 Å². The monoisotopic (exact) mass is 267 g/mol. The quantitative estimate of drug-likeness (QED) is 0.668. The Morgan fingerprint density at radius 3 is 2.55 bits per heavy atom. The van der Waals surface area contributed by atoms with Crippen LogP contribution in [-0.2, 0) is 0 Å². The van der Waals surface area contributed by atoms with Crippen molar-refractivity contribution in [3.05, 3.63) is 66.0 Å². The summed E-state index contributed by atoms with van der Waals surface area (Å²) in [7, 11) is 0. The Morgan fingerprint density at radius 1 is 1.15 bits per heavy atom. The molecule has 0 aliphatic rings. The number of rotatable bonds is 5. The molecule has 2 rings (SSSR count). The minimum atomic E-state index is -0.248. The van der Waals surface area contributed by atoms with E-state index in [4.69, 9.17) is 0 Å².